The standard InChI is InChI=1S/C18H17N3O3S/c22-16(20(12-7-8-12)10-13-4-3-9-25-13)11-21-18(24)15-6-2-1-5-14(15)17(23)19-21/h1-6,9,12H,7-8,10-11H2,(H,19,23). The van der Waals surface area contributed by atoms with Gasteiger partial charge in [-0.05, 0) is 36.4 Å². The molecule has 3 aromatic rings. The molecule has 1 aromatic carbocycles. The molecule has 7 heteroatoms. The van der Waals surface area contributed by atoms with Crippen LogP contribution in [0.25, 0.3) is 10.8 Å². The van der Waals surface area contributed by atoms with Gasteiger partial charge in [0, 0.05) is 10.9 Å². The Morgan fingerprint density at radius 2 is 1.92 bits per heavy atom. The smallest absolute Gasteiger partial charge is 0.273 e. The Hall–Kier alpha value is -2.67. The lowest BCUT2D eigenvalue weighted by molar-refractivity contribution is -0.133. The van der Waals surface area contributed by atoms with E-state index >= 15 is 0 Å². The lowest BCUT2D eigenvalue weighted by atomic mass is 10.2. The highest BCUT2D eigenvalue weighted by Gasteiger charge is 2.33. The Morgan fingerprint density at radius 1 is 1.16 bits per heavy atom. The molecule has 2 aromatic heterocycles. The van der Waals surface area contributed by atoms with Crippen molar-refractivity contribution in [2.75, 3.05) is 0 Å². The van der Waals surface area contributed by atoms with Crippen molar-refractivity contribution in [1.29, 1.82) is 0 Å². The van der Waals surface area contributed by atoms with Crippen LogP contribution in [0.15, 0.2) is 51.4 Å². The van der Waals surface area contributed by atoms with E-state index in [1.54, 1.807) is 35.6 Å². The maximum atomic E-state index is 12.8. The zero-order valence-electron chi connectivity index (χ0n) is 13.5. The van der Waals surface area contributed by atoms with Gasteiger partial charge in [0.2, 0.25) is 5.91 Å². The number of nitrogens with zero attached hydrogens (tertiary/aromatic N) is 2. The van der Waals surface area contributed by atoms with Crippen LogP contribution >= 0.6 is 11.3 Å². The van der Waals surface area contributed by atoms with Gasteiger partial charge < -0.3 is 4.90 Å². The fourth-order valence-corrected chi connectivity index (χ4v) is 3.66. The summed E-state index contributed by atoms with van der Waals surface area (Å²) in [5.74, 6) is -0.149. The van der Waals surface area contributed by atoms with E-state index in [1.807, 2.05) is 22.4 Å². The predicted octanol–water partition coefficient (Wildman–Crippen LogP) is 1.94. The van der Waals surface area contributed by atoms with Crippen molar-refractivity contribution in [3.05, 3.63) is 67.4 Å². The van der Waals surface area contributed by atoms with Gasteiger partial charge in [0.05, 0.1) is 17.3 Å². The summed E-state index contributed by atoms with van der Waals surface area (Å²) < 4.78 is 1.12. The lowest BCUT2D eigenvalue weighted by Crippen LogP contribution is -2.39. The average molecular weight is 355 g/mol. The zero-order valence-corrected chi connectivity index (χ0v) is 14.3. The maximum Gasteiger partial charge on any atom is 0.273 e. The summed E-state index contributed by atoms with van der Waals surface area (Å²) in [6.07, 6.45) is 1.97. The fourth-order valence-electron chi connectivity index (χ4n) is 2.96. The van der Waals surface area contributed by atoms with Crippen molar-refractivity contribution in [3.8, 4) is 0 Å². The van der Waals surface area contributed by atoms with Gasteiger partial charge >= 0.3 is 0 Å². The number of fused-ring (bicyclic) bond motifs is 1. The minimum Gasteiger partial charge on any atom is -0.333 e. The Labute approximate surface area is 147 Å². The predicted molar refractivity (Wildman–Crippen MR) is 96.7 cm³/mol. The van der Waals surface area contributed by atoms with Gasteiger partial charge in [-0.1, -0.05) is 18.2 Å². The van der Waals surface area contributed by atoms with Crippen molar-refractivity contribution in [2.45, 2.75) is 32.0 Å². The van der Waals surface area contributed by atoms with Crippen molar-refractivity contribution in [1.82, 2.24) is 14.7 Å². The first kappa shape index (κ1) is 15.8. The molecule has 128 valence electrons. The maximum absolute atomic E-state index is 12.8. The summed E-state index contributed by atoms with van der Waals surface area (Å²) in [6.45, 7) is 0.397. The number of thiophene rings is 1. The summed E-state index contributed by atoms with van der Waals surface area (Å²) in [6, 6.07) is 10.8. The number of rotatable bonds is 5. The summed E-state index contributed by atoms with van der Waals surface area (Å²) in [7, 11) is 0. The molecule has 1 N–H and O–H groups in total. The molecule has 25 heavy (non-hydrogen) atoms. The van der Waals surface area contributed by atoms with Crippen LogP contribution in [0, 0.1) is 0 Å². The van der Waals surface area contributed by atoms with Crippen LogP contribution in [0.1, 0.15) is 17.7 Å². The number of aromatic nitrogens is 2. The van der Waals surface area contributed by atoms with Crippen LogP contribution in [0.4, 0.5) is 0 Å². The largest absolute Gasteiger partial charge is 0.333 e. The SMILES string of the molecule is O=C(Cn1[nH]c(=O)c2ccccc2c1=O)N(Cc1cccs1)C1CC1. The number of carbonyl (C=O) groups is 1. The van der Waals surface area contributed by atoms with Gasteiger partial charge in [0.15, 0.2) is 0 Å². The Morgan fingerprint density at radius 3 is 2.60 bits per heavy atom. The molecule has 1 amide bonds. The zero-order chi connectivity index (χ0) is 17.4. The highest BCUT2D eigenvalue weighted by atomic mass is 32.1. The van der Waals surface area contributed by atoms with E-state index in [-0.39, 0.29) is 29.6 Å². The van der Waals surface area contributed by atoms with Crippen LogP contribution in [0.5, 0.6) is 0 Å². The van der Waals surface area contributed by atoms with Crippen LogP contribution in [0.2, 0.25) is 0 Å². The van der Waals surface area contributed by atoms with E-state index < -0.39 is 0 Å². The molecule has 0 bridgehead atoms. The van der Waals surface area contributed by atoms with Gasteiger partial charge in [-0.3, -0.25) is 19.5 Å². The molecule has 1 saturated carbocycles. The normalized spacial score (nSPS) is 13.9. The molecule has 0 saturated heterocycles. The Kier molecular flexibility index (Phi) is 4.01. The summed E-state index contributed by atoms with van der Waals surface area (Å²) >= 11 is 1.61. The monoisotopic (exact) mass is 355 g/mol. The molecule has 0 unspecified atom stereocenters. The number of H-pyrrole nitrogens is 1. The van der Waals surface area contributed by atoms with Gasteiger partial charge in [0.1, 0.15) is 6.54 Å². The summed E-state index contributed by atoms with van der Waals surface area (Å²) in [5.41, 5.74) is -0.713. The fraction of sp³-hybridized carbons (Fsp3) is 0.278. The summed E-state index contributed by atoms with van der Waals surface area (Å²) in [5, 5.41) is 5.18. The number of hydrogen-bond donors (Lipinski definition) is 1. The number of aromatic amines is 1. The third kappa shape index (κ3) is 3.15. The molecular weight excluding hydrogens is 338 g/mol. The van der Waals surface area contributed by atoms with E-state index in [1.165, 1.54) is 0 Å². The van der Waals surface area contributed by atoms with Gasteiger partial charge in [-0.2, -0.15) is 0 Å². The first-order valence-corrected chi connectivity index (χ1v) is 9.05. The van der Waals surface area contributed by atoms with Crippen LogP contribution in [-0.4, -0.2) is 26.6 Å². The second-order valence-corrected chi connectivity index (χ2v) is 7.24. The van der Waals surface area contributed by atoms with E-state index in [2.05, 4.69) is 5.10 Å². The minimum atomic E-state index is -0.362. The van der Waals surface area contributed by atoms with E-state index in [4.69, 9.17) is 0 Å². The van der Waals surface area contributed by atoms with Crippen molar-refractivity contribution in [3.63, 3.8) is 0 Å². The van der Waals surface area contributed by atoms with E-state index in [0.717, 1.165) is 22.4 Å². The van der Waals surface area contributed by atoms with Gasteiger partial charge in [-0.15, -0.1) is 11.3 Å². The molecule has 0 aliphatic heterocycles. The molecule has 0 radical (unpaired) electrons. The van der Waals surface area contributed by atoms with Crippen LogP contribution in [0.3, 0.4) is 0 Å². The third-order valence-corrected chi connectivity index (χ3v) is 5.25. The highest BCUT2D eigenvalue weighted by molar-refractivity contribution is 7.09. The lowest BCUT2D eigenvalue weighted by Gasteiger charge is -2.22. The number of benzene rings is 1. The number of nitrogens with one attached hydrogen (secondary N) is 1. The second kappa shape index (κ2) is 6.33. The number of amides is 1. The number of hydrogen-bond acceptors (Lipinski definition) is 4. The van der Waals surface area contributed by atoms with Gasteiger partial charge in [-0.25, -0.2) is 4.68 Å². The Balaban J connectivity index is 1.63. The quantitative estimate of drug-likeness (QED) is 0.760. The molecule has 1 aliphatic rings. The van der Waals surface area contributed by atoms with Crippen molar-refractivity contribution >= 4 is 28.0 Å². The van der Waals surface area contributed by atoms with E-state index in [9.17, 15) is 14.4 Å². The van der Waals surface area contributed by atoms with Crippen LogP contribution < -0.4 is 11.1 Å². The molecule has 6 nitrogen and oxygen atoms in total. The first-order chi connectivity index (χ1) is 12.1. The molecule has 2 heterocycles. The molecule has 0 spiro atoms. The molecule has 1 fully saturated rings. The van der Waals surface area contributed by atoms with Crippen molar-refractivity contribution in [2.24, 2.45) is 0 Å². The second-order valence-electron chi connectivity index (χ2n) is 6.21. The van der Waals surface area contributed by atoms with Gasteiger partial charge in [0.25, 0.3) is 11.1 Å². The Bertz CT molecular complexity index is 1030. The van der Waals surface area contributed by atoms with Crippen molar-refractivity contribution < 1.29 is 4.79 Å². The molecule has 0 atom stereocenters. The third-order valence-electron chi connectivity index (χ3n) is 4.39. The number of carbonyl (C=O) groups excluding carboxylic acids is 1. The van der Waals surface area contributed by atoms with E-state index in [0.29, 0.717) is 17.3 Å². The molecular formula is C18H17N3O3S. The molecule has 4 rings (SSSR count). The van der Waals surface area contributed by atoms with Crippen LogP contribution in [-0.2, 0) is 17.9 Å². The topological polar surface area (TPSA) is 75.2 Å². The average Bonchev–Trinajstić information content (AvgIpc) is 3.33. The first-order valence-electron chi connectivity index (χ1n) is 8.17. The highest BCUT2D eigenvalue weighted by Crippen LogP contribution is 2.29. The minimum absolute atomic E-state index is 0.149. The molecule has 1 aliphatic carbocycles. The summed E-state index contributed by atoms with van der Waals surface area (Å²) in [4.78, 5) is 40.4.